The van der Waals surface area contributed by atoms with E-state index in [1.165, 1.54) is 0 Å². The lowest BCUT2D eigenvalue weighted by atomic mass is 10.1. The predicted molar refractivity (Wildman–Crippen MR) is 88.1 cm³/mol. The van der Waals surface area contributed by atoms with Crippen molar-refractivity contribution >= 4 is 29.1 Å². The molecule has 0 saturated heterocycles. The second-order valence-corrected chi connectivity index (χ2v) is 5.96. The minimum Gasteiger partial charge on any atom is -0.467 e. The summed E-state index contributed by atoms with van der Waals surface area (Å²) in [6, 6.07) is 8.99. The van der Waals surface area contributed by atoms with Crippen molar-refractivity contribution in [2.75, 3.05) is 13.6 Å². The lowest BCUT2D eigenvalue weighted by molar-refractivity contribution is -0.122. The summed E-state index contributed by atoms with van der Waals surface area (Å²) < 4.78 is 5.17. The molecule has 6 heteroatoms. The molecule has 1 aromatic carbocycles. The van der Waals surface area contributed by atoms with E-state index in [4.69, 9.17) is 27.6 Å². The van der Waals surface area contributed by atoms with Crippen molar-refractivity contribution in [3.8, 4) is 0 Å². The monoisotopic (exact) mass is 340 g/mol. The van der Waals surface area contributed by atoms with Gasteiger partial charge in [0.1, 0.15) is 5.76 Å². The first kappa shape index (κ1) is 16.9. The molecule has 1 aromatic heterocycles. The third-order valence-corrected chi connectivity index (χ3v) is 4.07. The van der Waals surface area contributed by atoms with Crippen LogP contribution in [0.2, 0.25) is 10.0 Å². The fourth-order valence-electron chi connectivity index (χ4n) is 2.10. The standard InChI is InChI=1S/C16H18Cl2N2O2/c1-11(14-6-5-12(17)8-15(14)18)20(2)10-16(21)19-9-13-4-3-7-22-13/h3-8,11H,9-10H2,1-2H3,(H,19,21). The predicted octanol–water partition coefficient (Wildman–Crippen LogP) is 3.90. The van der Waals surface area contributed by atoms with Crippen molar-refractivity contribution in [3.05, 3.63) is 58.0 Å². The van der Waals surface area contributed by atoms with Gasteiger partial charge in [-0.1, -0.05) is 29.3 Å². The number of carbonyl (C=O) groups excluding carboxylic acids is 1. The van der Waals surface area contributed by atoms with Crippen LogP contribution >= 0.6 is 23.2 Å². The van der Waals surface area contributed by atoms with E-state index in [-0.39, 0.29) is 18.5 Å². The lowest BCUT2D eigenvalue weighted by Crippen LogP contribution is -2.36. The maximum atomic E-state index is 12.0. The smallest absolute Gasteiger partial charge is 0.234 e. The molecular weight excluding hydrogens is 323 g/mol. The van der Waals surface area contributed by atoms with Gasteiger partial charge in [0.2, 0.25) is 5.91 Å². The van der Waals surface area contributed by atoms with E-state index < -0.39 is 0 Å². The molecule has 0 saturated carbocycles. The Hall–Kier alpha value is -1.49. The Morgan fingerprint density at radius 1 is 1.36 bits per heavy atom. The summed E-state index contributed by atoms with van der Waals surface area (Å²) in [5, 5.41) is 4.01. The van der Waals surface area contributed by atoms with Crippen LogP contribution < -0.4 is 5.32 Å². The highest BCUT2D eigenvalue weighted by Gasteiger charge is 2.17. The lowest BCUT2D eigenvalue weighted by Gasteiger charge is -2.25. The van der Waals surface area contributed by atoms with E-state index in [0.717, 1.165) is 11.3 Å². The molecule has 0 fully saturated rings. The highest BCUT2D eigenvalue weighted by atomic mass is 35.5. The number of hydrogen-bond donors (Lipinski definition) is 1. The van der Waals surface area contributed by atoms with Crippen LogP contribution in [0.25, 0.3) is 0 Å². The Morgan fingerprint density at radius 2 is 2.14 bits per heavy atom. The van der Waals surface area contributed by atoms with Gasteiger partial charge in [-0.2, -0.15) is 0 Å². The molecule has 0 spiro atoms. The number of nitrogens with one attached hydrogen (secondary N) is 1. The van der Waals surface area contributed by atoms with Gasteiger partial charge in [0.15, 0.2) is 0 Å². The summed E-state index contributed by atoms with van der Waals surface area (Å²) >= 11 is 12.1. The number of nitrogens with zero attached hydrogens (tertiary/aromatic N) is 1. The van der Waals surface area contributed by atoms with Gasteiger partial charge in [0.25, 0.3) is 0 Å². The zero-order chi connectivity index (χ0) is 16.1. The van der Waals surface area contributed by atoms with Gasteiger partial charge in [-0.3, -0.25) is 9.69 Å². The summed E-state index contributed by atoms with van der Waals surface area (Å²) in [6.45, 7) is 2.64. The number of carbonyl (C=O) groups is 1. The minimum absolute atomic E-state index is 0.000806. The highest BCUT2D eigenvalue weighted by molar-refractivity contribution is 6.35. The Bertz CT molecular complexity index is 629. The van der Waals surface area contributed by atoms with E-state index >= 15 is 0 Å². The summed E-state index contributed by atoms with van der Waals surface area (Å²) in [6.07, 6.45) is 1.58. The molecule has 1 N–H and O–H groups in total. The van der Waals surface area contributed by atoms with Crippen LogP contribution in [0, 0.1) is 0 Å². The molecule has 4 nitrogen and oxygen atoms in total. The van der Waals surface area contributed by atoms with Crippen molar-refractivity contribution in [1.82, 2.24) is 10.2 Å². The molecule has 0 bridgehead atoms. The summed E-state index contributed by atoms with van der Waals surface area (Å²) in [4.78, 5) is 13.9. The van der Waals surface area contributed by atoms with Crippen LogP contribution in [0.4, 0.5) is 0 Å². The first-order valence-electron chi connectivity index (χ1n) is 6.91. The topological polar surface area (TPSA) is 45.5 Å². The van der Waals surface area contributed by atoms with Crippen LogP contribution in [-0.2, 0) is 11.3 Å². The van der Waals surface area contributed by atoms with Crippen LogP contribution in [0.1, 0.15) is 24.3 Å². The first-order valence-corrected chi connectivity index (χ1v) is 7.67. The molecule has 0 aliphatic heterocycles. The molecule has 2 rings (SSSR count). The van der Waals surface area contributed by atoms with Crippen molar-refractivity contribution in [2.45, 2.75) is 19.5 Å². The van der Waals surface area contributed by atoms with Gasteiger partial charge in [0, 0.05) is 16.1 Å². The highest BCUT2D eigenvalue weighted by Crippen LogP contribution is 2.28. The third-order valence-electron chi connectivity index (χ3n) is 3.51. The van der Waals surface area contributed by atoms with Crippen molar-refractivity contribution in [3.63, 3.8) is 0 Å². The largest absolute Gasteiger partial charge is 0.467 e. The normalized spacial score (nSPS) is 12.4. The maximum absolute atomic E-state index is 12.0. The molecule has 0 aliphatic carbocycles. The molecule has 2 aromatic rings. The van der Waals surface area contributed by atoms with Gasteiger partial charge in [-0.05, 0) is 43.8 Å². The molecule has 0 aliphatic rings. The number of rotatable bonds is 6. The van der Waals surface area contributed by atoms with E-state index in [2.05, 4.69) is 5.32 Å². The molecule has 1 heterocycles. The summed E-state index contributed by atoms with van der Waals surface area (Å²) in [5.74, 6) is 0.653. The first-order chi connectivity index (χ1) is 10.5. The number of likely N-dealkylation sites (N-methyl/N-ethyl adjacent to an activating group) is 1. The van der Waals surface area contributed by atoms with Gasteiger partial charge in [-0.15, -0.1) is 0 Å². The molecule has 22 heavy (non-hydrogen) atoms. The van der Waals surface area contributed by atoms with Crippen molar-refractivity contribution in [2.24, 2.45) is 0 Å². The average Bonchev–Trinajstić information content (AvgIpc) is 2.97. The second-order valence-electron chi connectivity index (χ2n) is 5.11. The van der Waals surface area contributed by atoms with Gasteiger partial charge in [-0.25, -0.2) is 0 Å². The SMILES string of the molecule is CC(c1ccc(Cl)cc1Cl)N(C)CC(=O)NCc1ccco1. The van der Waals surface area contributed by atoms with Crippen LogP contribution in [0.5, 0.6) is 0 Å². The number of amides is 1. The van der Waals surface area contributed by atoms with Crippen LogP contribution in [0.15, 0.2) is 41.0 Å². The fourth-order valence-corrected chi connectivity index (χ4v) is 2.66. The number of furan rings is 1. The fraction of sp³-hybridized carbons (Fsp3) is 0.312. The molecule has 1 amide bonds. The average molecular weight is 341 g/mol. The van der Waals surface area contributed by atoms with Gasteiger partial charge < -0.3 is 9.73 Å². The van der Waals surface area contributed by atoms with E-state index in [9.17, 15) is 4.79 Å². The molecule has 118 valence electrons. The number of halogens is 2. The quantitative estimate of drug-likeness (QED) is 0.867. The second kappa shape index (κ2) is 7.68. The van der Waals surface area contributed by atoms with E-state index in [1.807, 2.05) is 31.0 Å². The molecule has 0 radical (unpaired) electrons. The summed E-state index contributed by atoms with van der Waals surface area (Å²) in [5.41, 5.74) is 0.937. The maximum Gasteiger partial charge on any atom is 0.234 e. The van der Waals surface area contributed by atoms with Crippen molar-refractivity contribution < 1.29 is 9.21 Å². The Kier molecular flexibility index (Phi) is 5.89. The van der Waals surface area contributed by atoms with Gasteiger partial charge >= 0.3 is 0 Å². The molecule has 1 atom stereocenters. The van der Waals surface area contributed by atoms with E-state index in [0.29, 0.717) is 16.6 Å². The third kappa shape index (κ3) is 4.50. The van der Waals surface area contributed by atoms with Gasteiger partial charge in [0.05, 0.1) is 19.4 Å². The van der Waals surface area contributed by atoms with Crippen LogP contribution in [-0.4, -0.2) is 24.4 Å². The Morgan fingerprint density at radius 3 is 2.77 bits per heavy atom. The minimum atomic E-state index is -0.0733. The van der Waals surface area contributed by atoms with Crippen molar-refractivity contribution in [1.29, 1.82) is 0 Å². The Labute approximate surface area is 140 Å². The van der Waals surface area contributed by atoms with E-state index in [1.54, 1.807) is 24.5 Å². The Balaban J connectivity index is 1.90. The zero-order valence-corrected chi connectivity index (χ0v) is 14.0. The summed E-state index contributed by atoms with van der Waals surface area (Å²) in [7, 11) is 1.88. The van der Waals surface area contributed by atoms with Crippen LogP contribution in [0.3, 0.4) is 0 Å². The molecule has 1 unspecified atom stereocenters. The number of benzene rings is 1. The zero-order valence-electron chi connectivity index (χ0n) is 12.5. The number of hydrogen-bond acceptors (Lipinski definition) is 3. The molecular formula is C16H18Cl2N2O2.